The molecule has 0 spiro atoms. The zero-order chi connectivity index (χ0) is 27.4. The molecule has 3 fully saturated rings. The number of aromatic hydroxyl groups is 1. The average Bonchev–Trinajstić information content (AvgIpc) is 3.53. The third kappa shape index (κ3) is 4.41. The fourth-order valence-corrected chi connectivity index (χ4v) is 6.82. The largest absolute Gasteiger partial charge is 0.508 e. The van der Waals surface area contributed by atoms with E-state index in [1.807, 2.05) is 18.2 Å². The van der Waals surface area contributed by atoms with Gasteiger partial charge < -0.3 is 25.0 Å². The first-order valence-corrected chi connectivity index (χ1v) is 14.4. The summed E-state index contributed by atoms with van der Waals surface area (Å²) < 4.78 is 22.8. The Labute approximate surface area is 233 Å². The highest BCUT2D eigenvalue weighted by Crippen LogP contribution is 2.39. The van der Waals surface area contributed by atoms with Crippen LogP contribution in [0, 0.1) is 5.82 Å². The predicted molar refractivity (Wildman–Crippen MR) is 155 cm³/mol. The minimum absolute atomic E-state index is 0.0708. The monoisotopic (exact) mass is 542 g/mol. The second kappa shape index (κ2) is 10.1. The van der Waals surface area contributed by atoms with Crippen molar-refractivity contribution in [3.63, 3.8) is 0 Å². The number of anilines is 1. The average molecular weight is 543 g/mol. The summed E-state index contributed by atoms with van der Waals surface area (Å²) in [6.07, 6.45) is 6.91. The SMILES string of the molecule is CCc1cccc2cc(O)cc(-c3ncc4c(N5CC6CCC(C5)N6)nc(OCC5CCCN5C)nc4c3F)c12. The van der Waals surface area contributed by atoms with Gasteiger partial charge in [0.1, 0.15) is 29.4 Å². The fraction of sp³-hybridized carbons (Fsp3) is 0.452. The van der Waals surface area contributed by atoms with Crippen LogP contribution in [0.5, 0.6) is 11.8 Å². The van der Waals surface area contributed by atoms with E-state index < -0.39 is 5.82 Å². The van der Waals surface area contributed by atoms with Gasteiger partial charge in [-0.1, -0.05) is 25.1 Å². The van der Waals surface area contributed by atoms with Gasteiger partial charge in [0.2, 0.25) is 0 Å². The minimum Gasteiger partial charge on any atom is -0.508 e. The number of benzene rings is 2. The van der Waals surface area contributed by atoms with Crippen molar-refractivity contribution in [1.29, 1.82) is 0 Å². The first-order chi connectivity index (χ1) is 19.5. The van der Waals surface area contributed by atoms with Crippen LogP contribution >= 0.6 is 0 Å². The molecule has 4 aromatic rings. The molecule has 208 valence electrons. The lowest BCUT2D eigenvalue weighted by Gasteiger charge is -2.34. The number of rotatable bonds is 6. The van der Waals surface area contributed by atoms with Crippen molar-refractivity contribution in [3.05, 3.63) is 47.9 Å². The molecule has 3 aliphatic heterocycles. The van der Waals surface area contributed by atoms with E-state index >= 15 is 4.39 Å². The molecular weight excluding hydrogens is 507 g/mol. The maximum absolute atomic E-state index is 16.6. The molecule has 5 heterocycles. The standard InChI is InChI=1S/C31H35FN6O2/c1-3-18-6-4-7-19-12-23(39)13-24(26(18)19)28-27(32)29-25(14-33-28)30(38-15-20-9-10-21(16-38)34-20)36-31(35-29)40-17-22-8-5-11-37(22)2/h4,6-7,12-14,20-22,34,39H,3,5,8-11,15-17H2,1-2H3. The Morgan fingerprint density at radius 3 is 2.70 bits per heavy atom. The molecule has 3 aliphatic rings. The summed E-state index contributed by atoms with van der Waals surface area (Å²) in [5.74, 6) is 0.215. The van der Waals surface area contributed by atoms with Crippen molar-refractivity contribution in [2.75, 3.05) is 38.2 Å². The summed E-state index contributed by atoms with van der Waals surface area (Å²) in [5.41, 5.74) is 1.99. The van der Waals surface area contributed by atoms with Gasteiger partial charge in [0.15, 0.2) is 5.82 Å². The summed E-state index contributed by atoms with van der Waals surface area (Å²) in [4.78, 5) is 18.6. The molecule has 0 amide bonds. The number of phenolic OH excluding ortho intramolecular Hbond substituents is 1. The zero-order valence-electron chi connectivity index (χ0n) is 23.0. The van der Waals surface area contributed by atoms with Crippen LogP contribution in [-0.2, 0) is 6.42 Å². The Kier molecular flexibility index (Phi) is 6.43. The normalized spacial score (nSPS) is 23.0. The van der Waals surface area contributed by atoms with E-state index in [0.717, 1.165) is 68.1 Å². The second-order valence-electron chi connectivity index (χ2n) is 11.5. The highest BCUT2D eigenvalue weighted by molar-refractivity contribution is 6.01. The van der Waals surface area contributed by atoms with Gasteiger partial charge in [-0.2, -0.15) is 9.97 Å². The van der Waals surface area contributed by atoms with Crippen LogP contribution in [0.4, 0.5) is 10.2 Å². The number of fused-ring (bicyclic) bond motifs is 4. The number of hydrogen-bond donors (Lipinski definition) is 2. The molecule has 8 nitrogen and oxygen atoms in total. The predicted octanol–water partition coefficient (Wildman–Crippen LogP) is 4.67. The number of nitrogens with one attached hydrogen (secondary N) is 1. The van der Waals surface area contributed by atoms with Gasteiger partial charge in [-0.3, -0.25) is 4.98 Å². The van der Waals surface area contributed by atoms with E-state index in [1.54, 1.807) is 18.3 Å². The minimum atomic E-state index is -0.528. The van der Waals surface area contributed by atoms with Crippen LogP contribution in [0.3, 0.4) is 0 Å². The number of aryl methyl sites for hydroxylation is 1. The second-order valence-corrected chi connectivity index (χ2v) is 11.5. The fourth-order valence-electron chi connectivity index (χ4n) is 6.82. The maximum atomic E-state index is 16.6. The van der Waals surface area contributed by atoms with Gasteiger partial charge in [0.05, 0.1) is 5.39 Å². The molecule has 2 bridgehead atoms. The molecule has 0 radical (unpaired) electrons. The number of phenols is 1. The van der Waals surface area contributed by atoms with Crippen molar-refractivity contribution >= 4 is 27.5 Å². The van der Waals surface area contributed by atoms with Gasteiger partial charge in [-0.05, 0) is 74.2 Å². The van der Waals surface area contributed by atoms with Crippen LogP contribution in [0.2, 0.25) is 0 Å². The molecular formula is C31H35FN6O2. The van der Waals surface area contributed by atoms with E-state index in [0.29, 0.717) is 41.5 Å². The lowest BCUT2D eigenvalue weighted by atomic mass is 9.95. The van der Waals surface area contributed by atoms with Crippen molar-refractivity contribution in [2.45, 2.75) is 57.2 Å². The van der Waals surface area contributed by atoms with E-state index in [9.17, 15) is 5.11 Å². The van der Waals surface area contributed by atoms with E-state index in [-0.39, 0.29) is 23.0 Å². The van der Waals surface area contributed by atoms with Crippen LogP contribution in [0.25, 0.3) is 32.9 Å². The molecule has 40 heavy (non-hydrogen) atoms. The molecule has 0 aliphatic carbocycles. The smallest absolute Gasteiger partial charge is 0.319 e. The molecule has 9 heteroatoms. The number of nitrogens with zero attached hydrogens (tertiary/aromatic N) is 5. The number of piperazine rings is 1. The third-order valence-corrected chi connectivity index (χ3v) is 8.92. The highest BCUT2D eigenvalue weighted by Gasteiger charge is 2.34. The summed E-state index contributed by atoms with van der Waals surface area (Å²) >= 11 is 0. The van der Waals surface area contributed by atoms with Crippen LogP contribution < -0.4 is 15.0 Å². The number of ether oxygens (including phenoxy) is 1. The maximum Gasteiger partial charge on any atom is 0.319 e. The Morgan fingerprint density at radius 1 is 1.12 bits per heavy atom. The molecule has 2 aromatic carbocycles. The van der Waals surface area contributed by atoms with E-state index in [1.165, 1.54) is 0 Å². The summed E-state index contributed by atoms with van der Waals surface area (Å²) in [6, 6.07) is 10.5. The Bertz CT molecular complexity index is 1580. The van der Waals surface area contributed by atoms with Crippen molar-refractivity contribution < 1.29 is 14.2 Å². The molecule has 2 aromatic heterocycles. The topological polar surface area (TPSA) is 86.6 Å². The zero-order valence-corrected chi connectivity index (χ0v) is 23.0. The molecule has 0 saturated carbocycles. The van der Waals surface area contributed by atoms with Gasteiger partial charge in [-0.15, -0.1) is 0 Å². The van der Waals surface area contributed by atoms with Crippen molar-refractivity contribution in [3.8, 4) is 23.0 Å². The van der Waals surface area contributed by atoms with Crippen molar-refractivity contribution in [2.24, 2.45) is 0 Å². The van der Waals surface area contributed by atoms with Crippen molar-refractivity contribution in [1.82, 2.24) is 25.2 Å². The van der Waals surface area contributed by atoms with E-state index in [2.05, 4.69) is 39.1 Å². The Hall–Kier alpha value is -3.56. The number of aromatic nitrogens is 3. The van der Waals surface area contributed by atoms with E-state index in [4.69, 9.17) is 9.72 Å². The number of pyridine rings is 1. The van der Waals surface area contributed by atoms with Gasteiger partial charge in [0, 0.05) is 43.0 Å². The van der Waals surface area contributed by atoms with Crippen LogP contribution in [0.1, 0.15) is 38.2 Å². The van der Waals surface area contributed by atoms with Crippen LogP contribution in [0.15, 0.2) is 36.5 Å². The summed E-state index contributed by atoms with van der Waals surface area (Å²) in [7, 11) is 2.10. The molecule has 3 saturated heterocycles. The van der Waals surface area contributed by atoms with Gasteiger partial charge in [0.25, 0.3) is 0 Å². The number of likely N-dealkylation sites (tertiary alicyclic amines) is 1. The van der Waals surface area contributed by atoms with Gasteiger partial charge in [-0.25, -0.2) is 4.39 Å². The number of hydrogen-bond acceptors (Lipinski definition) is 8. The lowest BCUT2D eigenvalue weighted by Crippen LogP contribution is -2.51. The molecule has 3 unspecified atom stereocenters. The first kappa shape index (κ1) is 25.4. The van der Waals surface area contributed by atoms with Gasteiger partial charge >= 0.3 is 6.01 Å². The third-order valence-electron chi connectivity index (χ3n) is 8.92. The Balaban J connectivity index is 1.38. The lowest BCUT2D eigenvalue weighted by molar-refractivity contribution is 0.188. The molecule has 2 N–H and O–H groups in total. The number of halogens is 1. The summed E-state index contributed by atoms with van der Waals surface area (Å²) in [5, 5.41) is 16.5. The van der Waals surface area contributed by atoms with Crippen LogP contribution in [-0.4, -0.2) is 76.4 Å². The Morgan fingerprint density at radius 2 is 1.95 bits per heavy atom. The first-order valence-electron chi connectivity index (χ1n) is 14.4. The summed E-state index contributed by atoms with van der Waals surface area (Å²) in [6.45, 7) is 5.18. The molecule has 7 rings (SSSR count). The highest BCUT2D eigenvalue weighted by atomic mass is 19.1. The quantitative estimate of drug-likeness (QED) is 0.364. The number of likely N-dealkylation sites (N-methyl/N-ethyl adjacent to an activating group) is 1. The molecule has 3 atom stereocenters.